The third kappa shape index (κ3) is 2.37. The molecule has 0 amide bonds. The standard InChI is InChI=1S/C18H16FNO2/c1-11-13-7-3-4-9-16(13)22-18(21)14(11)10-12-6-5-8-15(20-2)17(12)19/h3-9,20H,10H2,1-2H3. The van der Waals surface area contributed by atoms with Crippen molar-refractivity contribution in [2.75, 3.05) is 12.4 Å². The summed E-state index contributed by atoms with van der Waals surface area (Å²) in [5, 5.41) is 3.68. The maximum Gasteiger partial charge on any atom is 0.340 e. The van der Waals surface area contributed by atoms with Gasteiger partial charge in [-0.2, -0.15) is 0 Å². The number of nitrogens with one attached hydrogen (secondary N) is 1. The molecule has 0 aliphatic rings. The zero-order valence-corrected chi connectivity index (χ0v) is 12.4. The van der Waals surface area contributed by atoms with E-state index in [1.807, 2.05) is 25.1 Å². The lowest BCUT2D eigenvalue weighted by Gasteiger charge is -2.10. The summed E-state index contributed by atoms with van der Waals surface area (Å²) in [4.78, 5) is 12.2. The van der Waals surface area contributed by atoms with E-state index >= 15 is 0 Å². The van der Waals surface area contributed by atoms with Crippen LogP contribution in [-0.2, 0) is 6.42 Å². The van der Waals surface area contributed by atoms with Crippen molar-refractivity contribution in [3.8, 4) is 0 Å². The van der Waals surface area contributed by atoms with E-state index in [4.69, 9.17) is 4.42 Å². The highest BCUT2D eigenvalue weighted by Crippen LogP contribution is 2.24. The van der Waals surface area contributed by atoms with Gasteiger partial charge < -0.3 is 9.73 Å². The van der Waals surface area contributed by atoms with Crippen LogP contribution in [0.4, 0.5) is 10.1 Å². The first kappa shape index (κ1) is 14.3. The van der Waals surface area contributed by atoms with E-state index in [0.717, 1.165) is 10.9 Å². The molecule has 1 aromatic heterocycles. The fourth-order valence-electron chi connectivity index (χ4n) is 2.65. The Morgan fingerprint density at radius 2 is 1.91 bits per heavy atom. The summed E-state index contributed by atoms with van der Waals surface area (Å²) >= 11 is 0. The van der Waals surface area contributed by atoms with Crippen molar-refractivity contribution >= 4 is 16.7 Å². The zero-order valence-electron chi connectivity index (χ0n) is 12.4. The molecule has 0 spiro atoms. The fraction of sp³-hybridized carbons (Fsp3) is 0.167. The molecule has 22 heavy (non-hydrogen) atoms. The average molecular weight is 297 g/mol. The Morgan fingerprint density at radius 3 is 2.68 bits per heavy atom. The van der Waals surface area contributed by atoms with Gasteiger partial charge in [0.05, 0.1) is 5.69 Å². The molecule has 0 unspecified atom stereocenters. The molecule has 0 radical (unpaired) electrons. The van der Waals surface area contributed by atoms with Crippen molar-refractivity contribution in [1.82, 2.24) is 0 Å². The van der Waals surface area contributed by atoms with Gasteiger partial charge in [-0.3, -0.25) is 0 Å². The average Bonchev–Trinajstić information content (AvgIpc) is 2.53. The van der Waals surface area contributed by atoms with Gasteiger partial charge in [0.15, 0.2) is 0 Å². The van der Waals surface area contributed by atoms with Crippen LogP contribution in [0.15, 0.2) is 51.7 Å². The molecule has 1 heterocycles. The Kier molecular flexibility index (Phi) is 3.67. The van der Waals surface area contributed by atoms with Gasteiger partial charge in [-0.1, -0.05) is 30.3 Å². The van der Waals surface area contributed by atoms with Crippen LogP contribution < -0.4 is 10.9 Å². The molecular weight excluding hydrogens is 281 g/mol. The summed E-state index contributed by atoms with van der Waals surface area (Å²) in [6.45, 7) is 1.87. The Balaban J connectivity index is 2.14. The number of anilines is 1. The maximum absolute atomic E-state index is 14.3. The Morgan fingerprint density at radius 1 is 1.14 bits per heavy atom. The number of para-hydroxylation sites is 1. The normalized spacial score (nSPS) is 10.9. The second kappa shape index (κ2) is 5.64. The minimum Gasteiger partial charge on any atom is -0.423 e. The van der Waals surface area contributed by atoms with Crippen LogP contribution >= 0.6 is 0 Å². The molecule has 0 aliphatic carbocycles. The van der Waals surface area contributed by atoms with E-state index in [9.17, 15) is 9.18 Å². The Hall–Kier alpha value is -2.62. The second-order valence-corrected chi connectivity index (χ2v) is 5.19. The van der Waals surface area contributed by atoms with E-state index in [0.29, 0.717) is 22.4 Å². The number of rotatable bonds is 3. The van der Waals surface area contributed by atoms with Gasteiger partial charge in [-0.15, -0.1) is 0 Å². The van der Waals surface area contributed by atoms with Gasteiger partial charge in [0.25, 0.3) is 0 Å². The van der Waals surface area contributed by atoms with Gasteiger partial charge >= 0.3 is 5.63 Å². The molecule has 0 saturated heterocycles. The molecule has 0 bridgehead atoms. The van der Waals surface area contributed by atoms with Crippen molar-refractivity contribution in [1.29, 1.82) is 0 Å². The number of hydrogen-bond donors (Lipinski definition) is 1. The minimum absolute atomic E-state index is 0.209. The highest BCUT2D eigenvalue weighted by atomic mass is 19.1. The zero-order chi connectivity index (χ0) is 15.7. The fourth-order valence-corrected chi connectivity index (χ4v) is 2.65. The van der Waals surface area contributed by atoms with Crippen molar-refractivity contribution in [2.45, 2.75) is 13.3 Å². The summed E-state index contributed by atoms with van der Waals surface area (Å²) < 4.78 is 19.7. The lowest BCUT2D eigenvalue weighted by atomic mass is 9.99. The van der Waals surface area contributed by atoms with Gasteiger partial charge in [-0.05, 0) is 30.2 Å². The topological polar surface area (TPSA) is 42.2 Å². The number of halogens is 1. The molecule has 0 saturated carbocycles. The predicted octanol–water partition coefficient (Wildman–Crippen LogP) is 3.87. The molecule has 3 rings (SSSR count). The van der Waals surface area contributed by atoms with E-state index < -0.39 is 5.63 Å². The highest BCUT2D eigenvalue weighted by molar-refractivity contribution is 5.80. The molecule has 0 atom stereocenters. The molecule has 0 fully saturated rings. The summed E-state index contributed by atoms with van der Waals surface area (Å²) in [7, 11) is 1.66. The van der Waals surface area contributed by atoms with Gasteiger partial charge in [0, 0.05) is 24.4 Å². The van der Waals surface area contributed by atoms with Gasteiger partial charge in [0.2, 0.25) is 0 Å². The maximum atomic E-state index is 14.3. The van der Waals surface area contributed by atoms with Crippen LogP contribution in [0.25, 0.3) is 11.0 Å². The van der Waals surface area contributed by atoms with Gasteiger partial charge in [0.1, 0.15) is 11.4 Å². The third-order valence-electron chi connectivity index (χ3n) is 3.91. The number of hydrogen-bond acceptors (Lipinski definition) is 3. The van der Waals surface area contributed by atoms with E-state index in [1.165, 1.54) is 0 Å². The summed E-state index contributed by atoms with van der Waals surface area (Å²) in [5.41, 5.74) is 2.36. The van der Waals surface area contributed by atoms with E-state index in [1.54, 1.807) is 31.3 Å². The Labute approximate surface area is 127 Å². The largest absolute Gasteiger partial charge is 0.423 e. The van der Waals surface area contributed by atoms with Crippen LogP contribution in [0.1, 0.15) is 16.7 Å². The molecule has 3 nitrogen and oxygen atoms in total. The lowest BCUT2D eigenvalue weighted by Crippen LogP contribution is -2.12. The summed E-state index contributed by atoms with van der Waals surface area (Å²) in [6.07, 6.45) is 0.209. The summed E-state index contributed by atoms with van der Waals surface area (Å²) in [5.74, 6) is -0.336. The van der Waals surface area contributed by atoms with Crippen LogP contribution in [0, 0.1) is 12.7 Å². The monoisotopic (exact) mass is 297 g/mol. The number of benzene rings is 2. The highest BCUT2D eigenvalue weighted by Gasteiger charge is 2.14. The quantitative estimate of drug-likeness (QED) is 0.746. The van der Waals surface area contributed by atoms with E-state index in [-0.39, 0.29) is 12.2 Å². The first-order chi connectivity index (χ1) is 10.6. The van der Waals surface area contributed by atoms with Crippen LogP contribution in [-0.4, -0.2) is 7.05 Å². The number of fused-ring (bicyclic) bond motifs is 1. The Bertz CT molecular complexity index is 899. The molecular formula is C18H16FNO2. The summed E-state index contributed by atoms with van der Waals surface area (Å²) in [6, 6.07) is 12.5. The minimum atomic E-state index is -0.412. The first-order valence-corrected chi connectivity index (χ1v) is 7.08. The smallest absolute Gasteiger partial charge is 0.340 e. The van der Waals surface area contributed by atoms with Crippen molar-refractivity contribution in [3.63, 3.8) is 0 Å². The molecule has 0 aliphatic heterocycles. The van der Waals surface area contributed by atoms with Crippen molar-refractivity contribution in [2.24, 2.45) is 0 Å². The number of aryl methyl sites for hydroxylation is 1. The molecule has 1 N–H and O–H groups in total. The lowest BCUT2D eigenvalue weighted by molar-refractivity contribution is 0.549. The molecule has 4 heteroatoms. The van der Waals surface area contributed by atoms with Crippen LogP contribution in [0.2, 0.25) is 0 Å². The molecule has 2 aromatic carbocycles. The molecule has 3 aromatic rings. The van der Waals surface area contributed by atoms with Crippen LogP contribution in [0.5, 0.6) is 0 Å². The predicted molar refractivity (Wildman–Crippen MR) is 86.0 cm³/mol. The van der Waals surface area contributed by atoms with Crippen LogP contribution in [0.3, 0.4) is 0 Å². The third-order valence-corrected chi connectivity index (χ3v) is 3.91. The molecule has 112 valence electrons. The van der Waals surface area contributed by atoms with Crippen molar-refractivity contribution < 1.29 is 8.81 Å². The first-order valence-electron chi connectivity index (χ1n) is 7.08. The van der Waals surface area contributed by atoms with Gasteiger partial charge in [-0.25, -0.2) is 9.18 Å². The van der Waals surface area contributed by atoms with Crippen molar-refractivity contribution in [3.05, 3.63) is 75.4 Å². The second-order valence-electron chi connectivity index (χ2n) is 5.19. The van der Waals surface area contributed by atoms with E-state index in [2.05, 4.69) is 5.32 Å². The SMILES string of the molecule is CNc1cccc(Cc2c(C)c3ccccc3oc2=O)c1F.